The standard InChI is InChI=1S/C16H19N3O3/c1-21-11-7-10(8-12(22-2)16(11)20)14-15-13(17-18-14)9-3-5-19(15)6-4-9/h7-9,20H,3-6H2,1-2H3,(H,17,18). The molecule has 1 aromatic heterocycles. The first kappa shape index (κ1) is 13.3. The molecule has 3 aliphatic heterocycles. The second-order valence-electron chi connectivity index (χ2n) is 5.83. The van der Waals surface area contributed by atoms with E-state index in [1.807, 2.05) is 0 Å². The molecular formula is C16H19N3O3. The predicted molar refractivity (Wildman–Crippen MR) is 83.0 cm³/mol. The Morgan fingerprint density at radius 2 is 1.82 bits per heavy atom. The minimum absolute atomic E-state index is 0.0139. The monoisotopic (exact) mass is 301 g/mol. The van der Waals surface area contributed by atoms with Crippen molar-refractivity contribution in [3.63, 3.8) is 0 Å². The van der Waals surface area contributed by atoms with Gasteiger partial charge in [0.1, 0.15) is 5.69 Å². The fraction of sp³-hybridized carbons (Fsp3) is 0.438. The fourth-order valence-corrected chi connectivity index (χ4v) is 3.58. The summed E-state index contributed by atoms with van der Waals surface area (Å²) in [5, 5.41) is 17.8. The van der Waals surface area contributed by atoms with Crippen LogP contribution in [0, 0.1) is 0 Å². The van der Waals surface area contributed by atoms with Crippen LogP contribution in [0.2, 0.25) is 0 Å². The van der Waals surface area contributed by atoms with Crippen molar-refractivity contribution in [3.8, 4) is 28.5 Å². The quantitative estimate of drug-likeness (QED) is 0.911. The van der Waals surface area contributed by atoms with E-state index in [4.69, 9.17) is 9.47 Å². The number of ether oxygens (including phenoxy) is 2. The summed E-state index contributed by atoms with van der Waals surface area (Å²) in [4.78, 5) is 2.39. The average Bonchev–Trinajstić information content (AvgIpc) is 3.03. The van der Waals surface area contributed by atoms with Gasteiger partial charge in [-0.3, -0.25) is 5.10 Å². The highest BCUT2D eigenvalue weighted by Crippen LogP contribution is 2.48. The highest BCUT2D eigenvalue weighted by atomic mass is 16.5. The van der Waals surface area contributed by atoms with Crippen LogP contribution in [0.25, 0.3) is 11.3 Å². The fourth-order valence-electron chi connectivity index (χ4n) is 3.58. The van der Waals surface area contributed by atoms with E-state index < -0.39 is 0 Å². The topological polar surface area (TPSA) is 70.6 Å². The number of methoxy groups -OCH3 is 2. The van der Waals surface area contributed by atoms with Crippen LogP contribution in [0.5, 0.6) is 17.2 Å². The van der Waals surface area contributed by atoms with Crippen molar-refractivity contribution in [3.05, 3.63) is 17.8 Å². The third-order valence-electron chi connectivity index (χ3n) is 4.74. The van der Waals surface area contributed by atoms with Gasteiger partial charge in [-0.25, -0.2) is 0 Å². The minimum Gasteiger partial charge on any atom is -0.502 e. The summed E-state index contributed by atoms with van der Waals surface area (Å²) in [6.45, 7) is 2.16. The van der Waals surface area contributed by atoms with Gasteiger partial charge in [0.2, 0.25) is 5.75 Å². The Hall–Kier alpha value is -2.37. The van der Waals surface area contributed by atoms with Gasteiger partial charge in [-0.05, 0) is 25.0 Å². The lowest BCUT2D eigenvalue weighted by atomic mass is 9.86. The maximum atomic E-state index is 10.1. The molecule has 2 aromatic rings. The minimum atomic E-state index is 0.0139. The first-order valence-corrected chi connectivity index (χ1v) is 7.51. The third kappa shape index (κ3) is 1.76. The van der Waals surface area contributed by atoms with E-state index in [1.54, 1.807) is 12.1 Å². The maximum Gasteiger partial charge on any atom is 0.200 e. The molecule has 1 fully saturated rings. The summed E-state index contributed by atoms with van der Waals surface area (Å²) in [6, 6.07) is 3.61. The zero-order valence-corrected chi connectivity index (χ0v) is 12.7. The van der Waals surface area contributed by atoms with Gasteiger partial charge >= 0.3 is 0 Å². The molecule has 0 unspecified atom stereocenters. The Morgan fingerprint density at radius 3 is 2.41 bits per heavy atom. The first-order valence-electron chi connectivity index (χ1n) is 7.51. The number of benzene rings is 1. The molecule has 2 N–H and O–H groups in total. The number of aromatic nitrogens is 2. The summed E-state index contributed by atoms with van der Waals surface area (Å²) >= 11 is 0. The Labute approximate surface area is 128 Å². The number of piperidine rings is 1. The number of aromatic amines is 1. The number of rotatable bonds is 3. The molecule has 0 atom stereocenters. The Morgan fingerprint density at radius 1 is 1.18 bits per heavy atom. The zero-order valence-electron chi connectivity index (χ0n) is 12.7. The van der Waals surface area contributed by atoms with Gasteiger partial charge in [0.15, 0.2) is 11.5 Å². The van der Waals surface area contributed by atoms with E-state index in [0.717, 1.165) is 24.3 Å². The summed E-state index contributed by atoms with van der Waals surface area (Å²) in [6.07, 6.45) is 2.38. The second kappa shape index (κ2) is 4.83. The van der Waals surface area contributed by atoms with Crippen molar-refractivity contribution >= 4 is 5.69 Å². The number of H-pyrrole nitrogens is 1. The van der Waals surface area contributed by atoms with E-state index in [0.29, 0.717) is 17.4 Å². The Kier molecular flexibility index (Phi) is 2.92. The molecule has 1 aromatic carbocycles. The van der Waals surface area contributed by atoms with Gasteiger partial charge in [-0.2, -0.15) is 5.10 Å². The van der Waals surface area contributed by atoms with Crippen LogP contribution in [0.3, 0.4) is 0 Å². The molecular weight excluding hydrogens is 282 g/mol. The number of fused-ring (bicyclic) bond motifs is 2. The molecule has 1 saturated heterocycles. The molecule has 3 aliphatic rings. The first-order chi connectivity index (χ1) is 10.7. The van der Waals surface area contributed by atoms with E-state index in [9.17, 15) is 5.11 Å². The van der Waals surface area contributed by atoms with Gasteiger partial charge in [-0.1, -0.05) is 0 Å². The number of hydrogen-bond donors (Lipinski definition) is 2. The van der Waals surface area contributed by atoms with Crippen molar-refractivity contribution in [2.24, 2.45) is 0 Å². The molecule has 116 valence electrons. The van der Waals surface area contributed by atoms with Gasteiger partial charge in [-0.15, -0.1) is 0 Å². The number of anilines is 1. The van der Waals surface area contributed by atoms with E-state index in [-0.39, 0.29) is 5.75 Å². The van der Waals surface area contributed by atoms with Crippen molar-refractivity contribution in [2.75, 3.05) is 32.2 Å². The lowest BCUT2D eigenvalue weighted by Gasteiger charge is -2.40. The zero-order chi connectivity index (χ0) is 15.3. The molecule has 2 bridgehead atoms. The average molecular weight is 301 g/mol. The third-order valence-corrected chi connectivity index (χ3v) is 4.74. The molecule has 6 nitrogen and oxygen atoms in total. The van der Waals surface area contributed by atoms with Crippen LogP contribution in [0.4, 0.5) is 5.69 Å². The van der Waals surface area contributed by atoms with Crippen molar-refractivity contribution in [2.45, 2.75) is 18.8 Å². The number of aromatic hydroxyl groups is 1. The summed E-state index contributed by atoms with van der Waals surface area (Å²) in [7, 11) is 3.06. The predicted octanol–water partition coefficient (Wildman–Crippen LogP) is 2.50. The number of nitrogens with zero attached hydrogens (tertiary/aromatic N) is 2. The van der Waals surface area contributed by atoms with E-state index in [1.165, 1.54) is 38.4 Å². The van der Waals surface area contributed by atoms with Gasteiger partial charge in [0, 0.05) is 24.6 Å². The maximum absolute atomic E-state index is 10.1. The smallest absolute Gasteiger partial charge is 0.200 e. The lowest BCUT2D eigenvalue weighted by Crippen LogP contribution is -2.38. The van der Waals surface area contributed by atoms with Gasteiger partial charge in [0.25, 0.3) is 0 Å². The van der Waals surface area contributed by atoms with E-state index in [2.05, 4.69) is 15.1 Å². The Balaban J connectivity index is 1.87. The van der Waals surface area contributed by atoms with Gasteiger partial charge < -0.3 is 19.5 Å². The van der Waals surface area contributed by atoms with Crippen molar-refractivity contribution < 1.29 is 14.6 Å². The molecule has 0 radical (unpaired) electrons. The van der Waals surface area contributed by atoms with Crippen LogP contribution in [0.1, 0.15) is 24.5 Å². The summed E-state index contributed by atoms with van der Waals surface area (Å²) < 4.78 is 10.5. The number of nitrogens with one attached hydrogen (secondary N) is 1. The molecule has 0 spiro atoms. The van der Waals surface area contributed by atoms with Crippen molar-refractivity contribution in [1.82, 2.24) is 10.2 Å². The van der Waals surface area contributed by atoms with E-state index >= 15 is 0 Å². The Bertz CT molecular complexity index is 692. The number of phenolic OH excluding ortho intramolecular Hbond substituents is 1. The van der Waals surface area contributed by atoms with Crippen LogP contribution < -0.4 is 14.4 Å². The van der Waals surface area contributed by atoms with Crippen LogP contribution in [0.15, 0.2) is 12.1 Å². The largest absolute Gasteiger partial charge is 0.502 e. The highest BCUT2D eigenvalue weighted by molar-refractivity contribution is 5.81. The van der Waals surface area contributed by atoms with Crippen LogP contribution >= 0.6 is 0 Å². The SMILES string of the molecule is COc1cc(-c2n[nH]c3c2N2CCC3CC2)cc(OC)c1O. The molecule has 4 heterocycles. The number of phenols is 1. The second-order valence-corrected chi connectivity index (χ2v) is 5.83. The molecule has 0 aliphatic carbocycles. The highest BCUT2D eigenvalue weighted by Gasteiger charge is 2.35. The van der Waals surface area contributed by atoms with Crippen LogP contribution in [-0.4, -0.2) is 42.6 Å². The van der Waals surface area contributed by atoms with Crippen LogP contribution in [-0.2, 0) is 0 Å². The number of hydrogen-bond acceptors (Lipinski definition) is 5. The molecule has 22 heavy (non-hydrogen) atoms. The normalized spacial score (nSPS) is 16.7. The van der Waals surface area contributed by atoms with Gasteiger partial charge in [0.05, 0.1) is 25.6 Å². The summed E-state index contributed by atoms with van der Waals surface area (Å²) in [5.41, 5.74) is 4.21. The molecule has 6 heteroatoms. The molecule has 0 amide bonds. The molecule has 5 rings (SSSR count). The summed E-state index contributed by atoms with van der Waals surface area (Å²) in [5.74, 6) is 1.38. The van der Waals surface area contributed by atoms with Crippen molar-refractivity contribution in [1.29, 1.82) is 0 Å². The lowest BCUT2D eigenvalue weighted by molar-refractivity contribution is 0.340. The molecule has 0 saturated carbocycles.